The number of rotatable bonds is 4. The number of carboxylic acid groups (broad SMARTS) is 1. The van der Waals surface area contributed by atoms with Crippen molar-refractivity contribution in [2.45, 2.75) is 45.3 Å². The van der Waals surface area contributed by atoms with Crippen molar-refractivity contribution in [2.24, 2.45) is 0 Å². The molecule has 1 heterocycles. The molecule has 6 nitrogen and oxygen atoms in total. The molecule has 1 aliphatic heterocycles. The van der Waals surface area contributed by atoms with Crippen molar-refractivity contribution >= 4 is 12.1 Å². The molecule has 0 radical (unpaired) electrons. The quantitative estimate of drug-likeness (QED) is 0.923. The van der Waals surface area contributed by atoms with E-state index in [0.717, 1.165) is 5.56 Å². The smallest absolute Gasteiger partial charge is 0.410 e. The number of likely N-dealkylation sites (tertiary alicyclic amines) is 1. The highest BCUT2D eigenvalue weighted by atomic mass is 16.6. The number of aryl methyl sites for hydroxylation is 1. The summed E-state index contributed by atoms with van der Waals surface area (Å²) in [5, 5.41) is 9.14. The van der Waals surface area contributed by atoms with Gasteiger partial charge in [0.05, 0.1) is 19.5 Å². The molecular formula is C17H23NO5. The van der Waals surface area contributed by atoms with Gasteiger partial charge in [0.1, 0.15) is 11.4 Å². The van der Waals surface area contributed by atoms with E-state index in [4.69, 9.17) is 14.6 Å². The van der Waals surface area contributed by atoms with Crippen LogP contribution in [-0.2, 0) is 9.53 Å². The fraction of sp³-hybridized carbons (Fsp3) is 0.529. The number of ether oxygens (including phenoxy) is 2. The monoisotopic (exact) mass is 321 g/mol. The number of hydrogen-bond acceptors (Lipinski definition) is 4. The Hall–Kier alpha value is -2.24. The average Bonchev–Trinajstić information content (AvgIpc) is 2.32. The van der Waals surface area contributed by atoms with E-state index in [1.54, 1.807) is 26.8 Å². The highest BCUT2D eigenvalue weighted by molar-refractivity contribution is 5.72. The lowest BCUT2D eigenvalue weighted by atomic mass is 9.90. The predicted octanol–water partition coefficient (Wildman–Crippen LogP) is 2.84. The highest BCUT2D eigenvalue weighted by Gasteiger charge is 2.50. The minimum absolute atomic E-state index is 0.166. The zero-order valence-electron chi connectivity index (χ0n) is 14.0. The van der Waals surface area contributed by atoms with Crippen molar-refractivity contribution in [3.05, 3.63) is 29.8 Å². The topological polar surface area (TPSA) is 76.1 Å². The number of benzene rings is 1. The Morgan fingerprint density at radius 2 is 1.96 bits per heavy atom. The summed E-state index contributed by atoms with van der Waals surface area (Å²) >= 11 is 0. The van der Waals surface area contributed by atoms with Gasteiger partial charge in [0, 0.05) is 0 Å². The Morgan fingerprint density at radius 1 is 1.30 bits per heavy atom. The molecule has 1 saturated heterocycles. The molecule has 1 aliphatic rings. The summed E-state index contributed by atoms with van der Waals surface area (Å²) in [5.74, 6) is -0.350. The molecule has 0 spiro atoms. The summed E-state index contributed by atoms with van der Waals surface area (Å²) < 4.78 is 11.2. The second-order valence-electron chi connectivity index (χ2n) is 7.01. The molecule has 1 fully saturated rings. The van der Waals surface area contributed by atoms with E-state index in [0.29, 0.717) is 5.75 Å². The molecule has 6 heteroatoms. The van der Waals surface area contributed by atoms with Crippen LogP contribution in [0, 0.1) is 6.92 Å². The molecule has 0 aromatic heterocycles. The fourth-order valence-corrected chi connectivity index (χ4v) is 2.52. The molecule has 1 aromatic rings. The Kier molecular flexibility index (Phi) is 4.54. The molecule has 2 rings (SSSR count). The minimum Gasteiger partial charge on any atom is -0.483 e. The number of aliphatic carboxylic acids is 1. The van der Waals surface area contributed by atoms with Crippen molar-refractivity contribution in [1.82, 2.24) is 4.90 Å². The number of carboxylic acids is 1. The maximum atomic E-state index is 12.0. The molecule has 23 heavy (non-hydrogen) atoms. The van der Waals surface area contributed by atoms with Gasteiger partial charge in [-0.25, -0.2) is 4.79 Å². The van der Waals surface area contributed by atoms with E-state index in [-0.39, 0.29) is 19.5 Å². The number of hydrogen-bond donors (Lipinski definition) is 1. The molecule has 0 aliphatic carbocycles. The van der Waals surface area contributed by atoms with Crippen LogP contribution in [-0.4, -0.2) is 46.4 Å². The molecule has 0 bridgehead atoms. The zero-order chi connectivity index (χ0) is 17.3. The third-order valence-electron chi connectivity index (χ3n) is 3.41. The largest absolute Gasteiger partial charge is 0.483 e. The van der Waals surface area contributed by atoms with Crippen LogP contribution in [0.1, 0.15) is 32.8 Å². The number of amides is 1. The van der Waals surface area contributed by atoms with Crippen molar-refractivity contribution < 1.29 is 24.2 Å². The first-order valence-corrected chi connectivity index (χ1v) is 7.54. The molecule has 1 N–H and O–H groups in total. The van der Waals surface area contributed by atoms with E-state index < -0.39 is 23.3 Å². The molecule has 1 amide bonds. The van der Waals surface area contributed by atoms with Gasteiger partial charge in [-0.1, -0.05) is 12.1 Å². The SMILES string of the molecule is Cc1cccc(OC2(CC(=O)O)CN(C(=O)OC(C)(C)C)C2)c1. The van der Waals surface area contributed by atoms with Crippen molar-refractivity contribution in [2.75, 3.05) is 13.1 Å². The van der Waals surface area contributed by atoms with Crippen molar-refractivity contribution in [3.8, 4) is 5.75 Å². The highest BCUT2D eigenvalue weighted by Crippen LogP contribution is 2.32. The van der Waals surface area contributed by atoms with Crippen molar-refractivity contribution in [3.63, 3.8) is 0 Å². The summed E-state index contributed by atoms with van der Waals surface area (Å²) in [4.78, 5) is 24.6. The lowest BCUT2D eigenvalue weighted by molar-refractivity contribution is -0.148. The van der Waals surface area contributed by atoms with Gasteiger partial charge < -0.3 is 14.6 Å². The van der Waals surface area contributed by atoms with Gasteiger partial charge in [0.2, 0.25) is 0 Å². The van der Waals surface area contributed by atoms with E-state index in [1.165, 1.54) is 4.90 Å². The maximum absolute atomic E-state index is 12.0. The molecule has 126 valence electrons. The lowest BCUT2D eigenvalue weighted by Crippen LogP contribution is -2.67. The second-order valence-corrected chi connectivity index (χ2v) is 7.01. The number of carbonyl (C=O) groups is 2. The normalized spacial score (nSPS) is 16.4. The van der Waals surface area contributed by atoms with E-state index in [9.17, 15) is 9.59 Å². The van der Waals surface area contributed by atoms with Crippen LogP contribution >= 0.6 is 0 Å². The summed E-state index contributed by atoms with van der Waals surface area (Å²) in [6.07, 6.45) is -0.619. The summed E-state index contributed by atoms with van der Waals surface area (Å²) in [5.41, 5.74) is -0.466. The first-order valence-electron chi connectivity index (χ1n) is 7.54. The summed E-state index contributed by atoms with van der Waals surface area (Å²) in [6, 6.07) is 7.42. The van der Waals surface area contributed by atoms with Crippen molar-refractivity contribution in [1.29, 1.82) is 0 Å². The van der Waals surface area contributed by atoms with Gasteiger partial charge in [-0.2, -0.15) is 0 Å². The minimum atomic E-state index is -0.957. The van der Waals surface area contributed by atoms with E-state index >= 15 is 0 Å². The maximum Gasteiger partial charge on any atom is 0.410 e. The average molecular weight is 321 g/mol. The van der Waals surface area contributed by atoms with Crippen LogP contribution < -0.4 is 4.74 Å². The third kappa shape index (κ3) is 4.61. The molecule has 0 unspecified atom stereocenters. The predicted molar refractivity (Wildman–Crippen MR) is 84.6 cm³/mol. The molecule has 0 saturated carbocycles. The van der Waals surface area contributed by atoms with E-state index in [1.807, 2.05) is 25.1 Å². The number of nitrogens with zero attached hydrogens (tertiary/aromatic N) is 1. The van der Waals surface area contributed by atoms with Crippen LogP contribution in [0.25, 0.3) is 0 Å². The van der Waals surface area contributed by atoms with Gasteiger partial charge in [-0.05, 0) is 45.4 Å². The Morgan fingerprint density at radius 3 is 2.48 bits per heavy atom. The van der Waals surface area contributed by atoms with Gasteiger partial charge >= 0.3 is 12.1 Å². The van der Waals surface area contributed by atoms with Crippen LogP contribution in [0.2, 0.25) is 0 Å². The molecule has 0 atom stereocenters. The molecular weight excluding hydrogens is 298 g/mol. The standard InChI is InChI=1S/C17H23NO5/c1-12-6-5-7-13(8-12)22-17(9-14(19)20)10-18(11-17)15(21)23-16(2,3)4/h5-8H,9-11H2,1-4H3,(H,19,20). The summed E-state index contributed by atoms with van der Waals surface area (Å²) in [6.45, 7) is 7.70. The van der Waals surface area contributed by atoms with Gasteiger partial charge in [-0.15, -0.1) is 0 Å². The zero-order valence-corrected chi connectivity index (χ0v) is 14.0. The second kappa shape index (κ2) is 6.10. The van der Waals surface area contributed by atoms with E-state index in [2.05, 4.69) is 0 Å². The van der Waals surface area contributed by atoms with Crippen LogP contribution in [0.15, 0.2) is 24.3 Å². The first-order chi connectivity index (χ1) is 10.6. The first kappa shape index (κ1) is 17.1. The molecule has 1 aromatic carbocycles. The Bertz CT molecular complexity index is 599. The third-order valence-corrected chi connectivity index (χ3v) is 3.41. The summed E-state index contributed by atoms with van der Waals surface area (Å²) in [7, 11) is 0. The number of carbonyl (C=O) groups excluding carboxylic acids is 1. The van der Waals surface area contributed by atoms with Crippen LogP contribution in [0.5, 0.6) is 5.75 Å². The van der Waals surface area contributed by atoms with Crippen LogP contribution in [0.4, 0.5) is 4.79 Å². The van der Waals surface area contributed by atoms with Crippen LogP contribution in [0.3, 0.4) is 0 Å². The lowest BCUT2D eigenvalue weighted by Gasteiger charge is -2.48. The van der Waals surface area contributed by atoms with Gasteiger partial charge in [-0.3, -0.25) is 9.69 Å². The fourth-order valence-electron chi connectivity index (χ4n) is 2.52. The van der Waals surface area contributed by atoms with Gasteiger partial charge in [0.25, 0.3) is 0 Å². The Labute approximate surface area is 136 Å². The Balaban J connectivity index is 2.06. The van der Waals surface area contributed by atoms with Gasteiger partial charge in [0.15, 0.2) is 5.60 Å².